The predicted octanol–water partition coefficient (Wildman–Crippen LogP) is 1.14. The van der Waals surface area contributed by atoms with Gasteiger partial charge < -0.3 is 15.4 Å². The molecule has 1 fully saturated rings. The lowest BCUT2D eigenvalue weighted by Gasteiger charge is -2.25. The molecular weight excluding hydrogens is 204 g/mol. The van der Waals surface area contributed by atoms with Crippen LogP contribution in [0.25, 0.3) is 0 Å². The van der Waals surface area contributed by atoms with Gasteiger partial charge in [0.15, 0.2) is 0 Å². The summed E-state index contributed by atoms with van der Waals surface area (Å²) in [6.45, 7) is 6.22. The first-order valence-electron chi connectivity index (χ1n) is 6.08. The Hall–Kier alpha value is -0.610. The van der Waals surface area contributed by atoms with Gasteiger partial charge in [0.2, 0.25) is 0 Å². The van der Waals surface area contributed by atoms with Crippen molar-refractivity contribution in [2.24, 2.45) is 5.73 Å². The van der Waals surface area contributed by atoms with Gasteiger partial charge in [0, 0.05) is 6.04 Å². The van der Waals surface area contributed by atoms with Crippen molar-refractivity contribution in [2.75, 3.05) is 20.2 Å². The number of hydrogen-bond donors (Lipinski definition) is 1. The molecule has 0 aliphatic carbocycles. The zero-order valence-electron chi connectivity index (χ0n) is 10.7. The summed E-state index contributed by atoms with van der Waals surface area (Å²) in [5.41, 5.74) is 5.06. The summed E-state index contributed by atoms with van der Waals surface area (Å²) in [7, 11) is 1.38. The fraction of sp³-hybridized carbons (Fsp3) is 0.917. The number of hydrogen-bond acceptors (Lipinski definition) is 4. The topological polar surface area (TPSA) is 55.6 Å². The Morgan fingerprint density at radius 1 is 1.62 bits per heavy atom. The number of nitrogens with zero attached hydrogens (tertiary/aromatic N) is 1. The first-order chi connectivity index (χ1) is 7.47. The van der Waals surface area contributed by atoms with E-state index in [0.29, 0.717) is 12.5 Å². The smallest absolute Gasteiger partial charge is 0.325 e. The van der Waals surface area contributed by atoms with Gasteiger partial charge in [-0.15, -0.1) is 0 Å². The van der Waals surface area contributed by atoms with Crippen LogP contribution in [-0.4, -0.2) is 42.6 Å². The van der Waals surface area contributed by atoms with Crippen LogP contribution in [-0.2, 0) is 9.53 Å². The molecule has 16 heavy (non-hydrogen) atoms. The van der Waals surface area contributed by atoms with E-state index in [4.69, 9.17) is 5.73 Å². The van der Waals surface area contributed by atoms with Gasteiger partial charge in [0.05, 0.1) is 7.11 Å². The molecule has 1 rings (SSSR count). The van der Waals surface area contributed by atoms with E-state index in [1.165, 1.54) is 26.5 Å². The van der Waals surface area contributed by atoms with Gasteiger partial charge in [0.25, 0.3) is 0 Å². The summed E-state index contributed by atoms with van der Waals surface area (Å²) in [6.07, 6.45) is 4.21. The summed E-state index contributed by atoms with van der Waals surface area (Å²) < 4.78 is 4.68. The molecule has 0 bridgehead atoms. The first kappa shape index (κ1) is 13.5. The Balaban J connectivity index is 2.26. The van der Waals surface area contributed by atoms with E-state index in [1.54, 1.807) is 6.92 Å². The number of methoxy groups -OCH3 is 1. The minimum absolute atomic E-state index is 0.318. The first-order valence-corrected chi connectivity index (χ1v) is 6.08. The summed E-state index contributed by atoms with van der Waals surface area (Å²) in [5, 5.41) is 0. The van der Waals surface area contributed by atoms with Gasteiger partial charge in [0.1, 0.15) is 5.54 Å². The molecule has 0 spiro atoms. The number of carbonyl (C=O) groups excluding carboxylic acids is 1. The Morgan fingerprint density at radius 3 is 2.81 bits per heavy atom. The highest BCUT2D eigenvalue weighted by Crippen LogP contribution is 2.18. The van der Waals surface area contributed by atoms with Gasteiger partial charge in [-0.3, -0.25) is 4.79 Å². The number of likely N-dealkylation sites (tertiary alicyclic amines) is 1. The highest BCUT2D eigenvalue weighted by atomic mass is 16.5. The Bertz CT molecular complexity index is 241. The zero-order valence-corrected chi connectivity index (χ0v) is 10.7. The molecule has 0 aromatic heterocycles. The molecule has 0 aromatic rings. The number of esters is 1. The zero-order chi connectivity index (χ0) is 12.2. The molecule has 0 amide bonds. The van der Waals surface area contributed by atoms with Gasteiger partial charge in [-0.05, 0) is 52.6 Å². The van der Waals surface area contributed by atoms with Crippen LogP contribution in [0.15, 0.2) is 0 Å². The molecule has 1 heterocycles. The summed E-state index contributed by atoms with van der Waals surface area (Å²) in [5.74, 6) is -0.318. The molecule has 1 saturated heterocycles. The van der Waals surface area contributed by atoms with Crippen LogP contribution >= 0.6 is 0 Å². The fourth-order valence-electron chi connectivity index (χ4n) is 2.31. The number of ether oxygens (including phenoxy) is 1. The second-order valence-corrected chi connectivity index (χ2v) is 5.04. The number of nitrogens with two attached hydrogens (primary N) is 1. The lowest BCUT2D eigenvalue weighted by molar-refractivity contribution is -0.146. The molecule has 4 heteroatoms. The third-order valence-corrected chi connectivity index (χ3v) is 3.48. The van der Waals surface area contributed by atoms with Gasteiger partial charge in [-0.25, -0.2) is 0 Å². The van der Waals surface area contributed by atoms with Crippen molar-refractivity contribution in [3.63, 3.8) is 0 Å². The van der Waals surface area contributed by atoms with Gasteiger partial charge in [-0.1, -0.05) is 0 Å². The second-order valence-electron chi connectivity index (χ2n) is 5.04. The van der Waals surface area contributed by atoms with E-state index in [2.05, 4.69) is 16.6 Å². The third-order valence-electron chi connectivity index (χ3n) is 3.48. The highest BCUT2D eigenvalue weighted by molar-refractivity contribution is 5.79. The molecule has 0 aromatic carbocycles. The summed E-state index contributed by atoms with van der Waals surface area (Å²) in [4.78, 5) is 13.8. The van der Waals surface area contributed by atoms with Gasteiger partial charge in [-0.2, -0.15) is 0 Å². The Kier molecular flexibility index (Phi) is 4.74. The van der Waals surface area contributed by atoms with Crippen molar-refractivity contribution in [3.05, 3.63) is 0 Å². The molecule has 0 radical (unpaired) electrons. The van der Waals surface area contributed by atoms with Crippen LogP contribution < -0.4 is 5.73 Å². The lowest BCUT2D eigenvalue weighted by atomic mass is 9.97. The summed E-state index contributed by atoms with van der Waals surface area (Å²) >= 11 is 0. The largest absolute Gasteiger partial charge is 0.468 e. The normalized spacial score (nSPS) is 25.4. The van der Waals surface area contributed by atoms with Crippen LogP contribution in [0.1, 0.15) is 39.5 Å². The standard InChI is InChI=1S/C12H24N2O2/c1-10-6-4-8-14(10)9-5-7-12(2,13)11(15)16-3/h10H,4-9,13H2,1-3H3. The van der Waals surface area contributed by atoms with Crippen LogP contribution in [0, 0.1) is 0 Å². The van der Waals surface area contributed by atoms with E-state index in [1.807, 2.05) is 0 Å². The fourth-order valence-corrected chi connectivity index (χ4v) is 2.31. The van der Waals surface area contributed by atoms with E-state index in [0.717, 1.165) is 13.0 Å². The number of carbonyl (C=O) groups is 1. The van der Waals surface area contributed by atoms with E-state index in [9.17, 15) is 4.79 Å². The molecule has 0 saturated carbocycles. The maximum atomic E-state index is 11.4. The Morgan fingerprint density at radius 2 is 2.31 bits per heavy atom. The van der Waals surface area contributed by atoms with Gasteiger partial charge >= 0.3 is 5.97 Å². The minimum atomic E-state index is -0.836. The average molecular weight is 228 g/mol. The molecular formula is C12H24N2O2. The molecule has 94 valence electrons. The van der Waals surface area contributed by atoms with E-state index >= 15 is 0 Å². The third kappa shape index (κ3) is 3.46. The molecule has 2 unspecified atom stereocenters. The average Bonchev–Trinajstić information content (AvgIpc) is 2.63. The van der Waals surface area contributed by atoms with Crippen molar-refractivity contribution in [2.45, 2.75) is 51.1 Å². The van der Waals surface area contributed by atoms with Crippen molar-refractivity contribution < 1.29 is 9.53 Å². The minimum Gasteiger partial charge on any atom is -0.468 e. The molecule has 2 atom stereocenters. The lowest BCUT2D eigenvalue weighted by Crippen LogP contribution is -2.46. The van der Waals surface area contributed by atoms with Crippen molar-refractivity contribution in [1.82, 2.24) is 4.90 Å². The highest BCUT2D eigenvalue weighted by Gasteiger charge is 2.29. The SMILES string of the molecule is COC(=O)C(C)(N)CCCN1CCCC1C. The maximum absolute atomic E-state index is 11.4. The predicted molar refractivity (Wildman–Crippen MR) is 64.1 cm³/mol. The second kappa shape index (κ2) is 5.64. The molecule has 1 aliphatic heterocycles. The van der Waals surface area contributed by atoms with Crippen molar-refractivity contribution >= 4 is 5.97 Å². The molecule has 4 nitrogen and oxygen atoms in total. The maximum Gasteiger partial charge on any atom is 0.325 e. The number of rotatable bonds is 5. The van der Waals surface area contributed by atoms with E-state index in [-0.39, 0.29) is 5.97 Å². The monoisotopic (exact) mass is 228 g/mol. The van der Waals surface area contributed by atoms with Crippen LogP contribution in [0.3, 0.4) is 0 Å². The Labute approximate surface area is 98.1 Å². The van der Waals surface area contributed by atoms with Crippen LogP contribution in [0.5, 0.6) is 0 Å². The van der Waals surface area contributed by atoms with E-state index < -0.39 is 5.54 Å². The van der Waals surface area contributed by atoms with Crippen molar-refractivity contribution in [3.8, 4) is 0 Å². The molecule has 1 aliphatic rings. The van der Waals surface area contributed by atoms with Crippen molar-refractivity contribution in [1.29, 1.82) is 0 Å². The quantitative estimate of drug-likeness (QED) is 0.717. The molecule has 2 N–H and O–H groups in total. The van der Waals surface area contributed by atoms with Crippen LogP contribution in [0.2, 0.25) is 0 Å². The van der Waals surface area contributed by atoms with Crippen LogP contribution in [0.4, 0.5) is 0 Å². The summed E-state index contributed by atoms with van der Waals surface area (Å²) in [6, 6.07) is 0.683.